The van der Waals surface area contributed by atoms with Crippen molar-refractivity contribution in [1.29, 1.82) is 5.26 Å². The first-order valence-electron chi connectivity index (χ1n) is 9.57. The van der Waals surface area contributed by atoms with E-state index in [9.17, 15) is 4.39 Å². The topological polar surface area (TPSA) is 80.1 Å². The molecule has 0 saturated carbocycles. The zero-order chi connectivity index (χ0) is 20.4. The minimum absolute atomic E-state index is 0.0986. The lowest BCUT2D eigenvalue weighted by atomic mass is 10.1. The summed E-state index contributed by atoms with van der Waals surface area (Å²) in [6, 6.07) is 14.1. The number of likely N-dealkylation sites (tertiary alicyclic amines) is 1. The maximum Gasteiger partial charge on any atom is 0.179 e. The number of nitriles is 1. The Balaban J connectivity index is 1.50. The zero-order valence-electron chi connectivity index (χ0n) is 16.2. The third-order valence-corrected chi connectivity index (χ3v) is 5.16. The molecule has 0 amide bonds. The van der Waals surface area contributed by atoms with Crippen LogP contribution in [0, 0.1) is 24.2 Å². The number of nitrogens with two attached hydrogens (primary N) is 1. The first kappa shape index (κ1) is 18.8. The summed E-state index contributed by atoms with van der Waals surface area (Å²) in [4.78, 5) is 1.75. The third kappa shape index (κ3) is 4.02. The number of piperidine rings is 1. The number of aromatic nitrogens is 2. The highest BCUT2D eigenvalue weighted by atomic mass is 19.1. The Labute approximate surface area is 168 Å². The predicted molar refractivity (Wildman–Crippen MR) is 109 cm³/mol. The predicted octanol–water partition coefficient (Wildman–Crippen LogP) is 4.49. The molecule has 2 heterocycles. The molecule has 4 rings (SSSR count). The lowest BCUT2D eigenvalue weighted by Crippen LogP contribution is -2.34. The number of hydrogen-bond donors (Lipinski definition) is 1. The SMILES string of the molecule is Cc1cc(Oc2ccc(-c3cc(N)n(C4CCCN(C#N)C4)n3)cc2)ccc1F. The highest BCUT2D eigenvalue weighted by molar-refractivity contribution is 5.63. The highest BCUT2D eigenvalue weighted by Gasteiger charge is 2.23. The number of nitrogens with zero attached hydrogens (tertiary/aromatic N) is 4. The quantitative estimate of drug-likeness (QED) is 0.663. The van der Waals surface area contributed by atoms with Crippen molar-refractivity contribution >= 4 is 5.82 Å². The van der Waals surface area contributed by atoms with Crippen LogP contribution in [0.15, 0.2) is 48.5 Å². The molecule has 6 nitrogen and oxygen atoms in total. The van der Waals surface area contributed by atoms with Crippen molar-refractivity contribution in [2.75, 3.05) is 18.8 Å². The van der Waals surface area contributed by atoms with Crippen LogP contribution in [0.5, 0.6) is 11.5 Å². The number of benzene rings is 2. The van der Waals surface area contributed by atoms with Crippen LogP contribution >= 0.6 is 0 Å². The van der Waals surface area contributed by atoms with E-state index in [4.69, 9.17) is 15.7 Å². The summed E-state index contributed by atoms with van der Waals surface area (Å²) in [5.74, 6) is 1.58. The van der Waals surface area contributed by atoms with E-state index in [-0.39, 0.29) is 11.9 Å². The van der Waals surface area contributed by atoms with Gasteiger partial charge in [0.1, 0.15) is 23.1 Å². The van der Waals surface area contributed by atoms with Crippen LogP contribution in [-0.4, -0.2) is 27.8 Å². The van der Waals surface area contributed by atoms with Crippen LogP contribution < -0.4 is 10.5 Å². The van der Waals surface area contributed by atoms with Gasteiger partial charge in [-0.05, 0) is 67.8 Å². The molecular weight excluding hydrogens is 369 g/mol. The van der Waals surface area contributed by atoms with Crippen molar-refractivity contribution in [1.82, 2.24) is 14.7 Å². The maximum absolute atomic E-state index is 13.4. The Morgan fingerprint density at radius 1 is 1.17 bits per heavy atom. The van der Waals surface area contributed by atoms with E-state index in [1.54, 1.807) is 24.0 Å². The second-order valence-corrected chi connectivity index (χ2v) is 7.28. The fourth-order valence-electron chi connectivity index (χ4n) is 3.60. The molecule has 1 atom stereocenters. The lowest BCUT2D eigenvalue weighted by Gasteiger charge is -2.29. The molecule has 2 N–H and O–H groups in total. The fraction of sp³-hybridized carbons (Fsp3) is 0.273. The Morgan fingerprint density at radius 2 is 1.93 bits per heavy atom. The van der Waals surface area contributed by atoms with Crippen molar-refractivity contribution in [2.24, 2.45) is 0 Å². The molecule has 2 aromatic carbocycles. The molecule has 0 bridgehead atoms. The molecule has 148 valence electrons. The number of anilines is 1. The van der Waals surface area contributed by atoms with Crippen LogP contribution in [0.2, 0.25) is 0 Å². The summed E-state index contributed by atoms with van der Waals surface area (Å²) in [6.07, 6.45) is 4.11. The van der Waals surface area contributed by atoms with Gasteiger partial charge < -0.3 is 15.4 Å². The van der Waals surface area contributed by atoms with Gasteiger partial charge in [-0.2, -0.15) is 10.4 Å². The molecule has 1 aliphatic heterocycles. The Kier molecular flexibility index (Phi) is 5.09. The van der Waals surface area contributed by atoms with E-state index in [0.717, 1.165) is 30.6 Å². The number of ether oxygens (including phenoxy) is 1. The fourth-order valence-corrected chi connectivity index (χ4v) is 3.60. The molecule has 1 aromatic heterocycles. The summed E-state index contributed by atoms with van der Waals surface area (Å²) >= 11 is 0. The van der Waals surface area contributed by atoms with Crippen LogP contribution in [0.3, 0.4) is 0 Å². The number of rotatable bonds is 4. The molecule has 1 fully saturated rings. The van der Waals surface area contributed by atoms with Crippen LogP contribution in [0.25, 0.3) is 11.3 Å². The van der Waals surface area contributed by atoms with Gasteiger partial charge >= 0.3 is 0 Å². The average Bonchev–Trinajstić information content (AvgIpc) is 3.13. The van der Waals surface area contributed by atoms with Gasteiger partial charge in [0.2, 0.25) is 0 Å². The normalized spacial score (nSPS) is 16.4. The number of nitrogen functional groups attached to an aromatic ring is 1. The Bertz CT molecular complexity index is 1050. The van der Waals surface area contributed by atoms with Crippen LogP contribution in [-0.2, 0) is 0 Å². The van der Waals surface area contributed by atoms with Gasteiger partial charge in [0.15, 0.2) is 6.19 Å². The molecule has 3 aromatic rings. The molecule has 1 saturated heterocycles. The lowest BCUT2D eigenvalue weighted by molar-refractivity contribution is 0.235. The van der Waals surface area contributed by atoms with Gasteiger partial charge in [-0.1, -0.05) is 0 Å². The van der Waals surface area contributed by atoms with Gasteiger partial charge in [0, 0.05) is 18.2 Å². The monoisotopic (exact) mass is 391 g/mol. The van der Waals surface area contributed by atoms with Gasteiger partial charge in [-0.15, -0.1) is 0 Å². The van der Waals surface area contributed by atoms with Gasteiger partial charge in [0.25, 0.3) is 0 Å². The first-order chi connectivity index (χ1) is 14.0. The van der Waals surface area contributed by atoms with E-state index < -0.39 is 0 Å². The van der Waals surface area contributed by atoms with Crippen molar-refractivity contribution in [3.63, 3.8) is 0 Å². The number of halogens is 1. The molecule has 0 radical (unpaired) electrons. The van der Waals surface area contributed by atoms with E-state index in [1.165, 1.54) is 6.07 Å². The Morgan fingerprint density at radius 3 is 2.66 bits per heavy atom. The summed E-state index contributed by atoms with van der Waals surface area (Å²) in [5, 5.41) is 13.8. The highest BCUT2D eigenvalue weighted by Crippen LogP contribution is 2.29. The number of hydrogen-bond acceptors (Lipinski definition) is 5. The van der Waals surface area contributed by atoms with Crippen LogP contribution in [0.1, 0.15) is 24.4 Å². The maximum atomic E-state index is 13.4. The first-order valence-corrected chi connectivity index (χ1v) is 9.57. The van der Waals surface area contributed by atoms with E-state index in [2.05, 4.69) is 11.3 Å². The van der Waals surface area contributed by atoms with Crippen molar-refractivity contribution in [3.05, 3.63) is 59.9 Å². The largest absolute Gasteiger partial charge is 0.457 e. The minimum Gasteiger partial charge on any atom is -0.457 e. The van der Waals surface area contributed by atoms with E-state index >= 15 is 0 Å². The Hall–Kier alpha value is -3.53. The van der Waals surface area contributed by atoms with Crippen molar-refractivity contribution in [2.45, 2.75) is 25.8 Å². The molecular formula is C22H22FN5O. The van der Waals surface area contributed by atoms with Crippen molar-refractivity contribution in [3.8, 4) is 28.9 Å². The van der Waals surface area contributed by atoms with Gasteiger partial charge in [-0.3, -0.25) is 0 Å². The van der Waals surface area contributed by atoms with E-state index in [0.29, 0.717) is 29.4 Å². The molecule has 0 aliphatic carbocycles. The molecule has 1 aliphatic rings. The summed E-state index contributed by atoms with van der Waals surface area (Å²) in [7, 11) is 0. The molecule has 1 unspecified atom stereocenters. The standard InChI is InChI=1S/C22H22FN5O/c1-15-11-19(8-9-20(15)23)29-18-6-4-16(5-7-18)21-12-22(25)28(26-21)17-3-2-10-27(13-17)14-24/h4-9,11-12,17H,2-3,10,13,25H2,1H3. The smallest absolute Gasteiger partial charge is 0.179 e. The van der Waals surface area contributed by atoms with Crippen molar-refractivity contribution < 1.29 is 9.13 Å². The average molecular weight is 391 g/mol. The zero-order valence-corrected chi connectivity index (χ0v) is 16.2. The van der Waals surface area contributed by atoms with E-state index in [1.807, 2.05) is 35.0 Å². The second kappa shape index (κ2) is 7.84. The molecule has 7 heteroatoms. The summed E-state index contributed by atoms with van der Waals surface area (Å²) in [6.45, 7) is 3.12. The summed E-state index contributed by atoms with van der Waals surface area (Å²) < 4.78 is 21.0. The van der Waals surface area contributed by atoms with Gasteiger partial charge in [-0.25, -0.2) is 9.07 Å². The van der Waals surface area contributed by atoms with Crippen LogP contribution in [0.4, 0.5) is 10.2 Å². The molecule has 29 heavy (non-hydrogen) atoms. The minimum atomic E-state index is -0.253. The molecule has 0 spiro atoms. The van der Waals surface area contributed by atoms with Gasteiger partial charge in [0.05, 0.1) is 18.3 Å². The number of aryl methyl sites for hydroxylation is 1. The summed E-state index contributed by atoms with van der Waals surface area (Å²) in [5.41, 5.74) is 8.44. The third-order valence-electron chi connectivity index (χ3n) is 5.16. The second-order valence-electron chi connectivity index (χ2n) is 7.28.